The van der Waals surface area contributed by atoms with Gasteiger partial charge >= 0.3 is 5.97 Å². The van der Waals surface area contributed by atoms with Crippen molar-refractivity contribution < 1.29 is 9.53 Å². The molecular formula is C23H32N6O2. The van der Waals surface area contributed by atoms with Crippen molar-refractivity contribution in [3.8, 4) is 0 Å². The molecule has 2 aromatic rings. The molecule has 2 aliphatic heterocycles. The van der Waals surface area contributed by atoms with Gasteiger partial charge in [-0.25, -0.2) is 19.7 Å². The van der Waals surface area contributed by atoms with Crippen molar-refractivity contribution in [1.82, 2.24) is 15.0 Å². The van der Waals surface area contributed by atoms with Gasteiger partial charge in [0.25, 0.3) is 0 Å². The molecule has 0 aromatic carbocycles. The van der Waals surface area contributed by atoms with E-state index in [1.807, 2.05) is 6.07 Å². The first kappa shape index (κ1) is 21.3. The molecule has 166 valence electrons. The highest BCUT2D eigenvalue weighted by molar-refractivity contribution is 5.89. The van der Waals surface area contributed by atoms with Crippen molar-refractivity contribution in [2.45, 2.75) is 33.1 Å². The van der Waals surface area contributed by atoms with Crippen molar-refractivity contribution in [2.24, 2.45) is 5.92 Å². The number of carbonyl (C=O) groups excluding carboxylic acids is 1. The number of piperidine rings is 1. The summed E-state index contributed by atoms with van der Waals surface area (Å²) in [7, 11) is 0. The minimum atomic E-state index is -0.328. The highest BCUT2D eigenvalue weighted by Gasteiger charge is 2.21. The van der Waals surface area contributed by atoms with E-state index in [1.165, 1.54) is 12.8 Å². The average Bonchev–Trinajstić information content (AvgIpc) is 3.06. The quantitative estimate of drug-likeness (QED) is 0.678. The fraction of sp³-hybridized carbons (Fsp3) is 0.565. The molecule has 31 heavy (non-hydrogen) atoms. The Morgan fingerprint density at radius 1 is 0.968 bits per heavy atom. The number of hydrogen-bond donors (Lipinski definition) is 0. The maximum Gasteiger partial charge on any atom is 0.339 e. The lowest BCUT2D eigenvalue weighted by molar-refractivity contribution is 0.0526. The van der Waals surface area contributed by atoms with E-state index in [4.69, 9.17) is 4.74 Å². The molecule has 4 heterocycles. The van der Waals surface area contributed by atoms with Gasteiger partial charge in [-0.3, -0.25) is 0 Å². The van der Waals surface area contributed by atoms with E-state index in [9.17, 15) is 4.79 Å². The molecule has 0 bridgehead atoms. The van der Waals surface area contributed by atoms with E-state index >= 15 is 0 Å². The Hall–Kier alpha value is -2.90. The molecular weight excluding hydrogens is 392 g/mol. The third-order valence-electron chi connectivity index (χ3n) is 6.02. The molecule has 4 rings (SSSR count). The molecule has 8 nitrogen and oxygen atoms in total. The Labute approximate surface area is 184 Å². The van der Waals surface area contributed by atoms with Crippen LogP contribution in [0.3, 0.4) is 0 Å². The van der Waals surface area contributed by atoms with E-state index < -0.39 is 0 Å². The summed E-state index contributed by atoms with van der Waals surface area (Å²) < 4.78 is 5.04. The summed E-state index contributed by atoms with van der Waals surface area (Å²) in [5.41, 5.74) is 0.489. The van der Waals surface area contributed by atoms with Crippen molar-refractivity contribution in [3.05, 3.63) is 36.3 Å². The zero-order chi connectivity index (χ0) is 21.6. The van der Waals surface area contributed by atoms with Crippen molar-refractivity contribution in [2.75, 3.05) is 60.6 Å². The monoisotopic (exact) mass is 424 g/mol. The number of ether oxygens (including phenoxy) is 1. The van der Waals surface area contributed by atoms with Crippen LogP contribution in [0.4, 0.5) is 17.5 Å². The minimum absolute atomic E-state index is 0.328. The van der Waals surface area contributed by atoms with Crippen LogP contribution in [0, 0.1) is 5.92 Å². The van der Waals surface area contributed by atoms with Crippen molar-refractivity contribution in [1.29, 1.82) is 0 Å². The van der Waals surface area contributed by atoms with Crippen molar-refractivity contribution >= 4 is 23.4 Å². The number of esters is 1. The summed E-state index contributed by atoms with van der Waals surface area (Å²) in [6.45, 7) is 10.2. The molecule has 0 saturated carbocycles. The van der Waals surface area contributed by atoms with Gasteiger partial charge in [0.1, 0.15) is 23.8 Å². The van der Waals surface area contributed by atoms with Crippen LogP contribution < -0.4 is 14.7 Å². The summed E-state index contributed by atoms with van der Waals surface area (Å²) in [5, 5.41) is 0. The molecule has 0 amide bonds. The first-order valence-corrected chi connectivity index (χ1v) is 11.3. The molecule has 8 heteroatoms. The molecule has 0 spiro atoms. The molecule has 0 aliphatic carbocycles. The van der Waals surface area contributed by atoms with E-state index in [1.54, 1.807) is 25.5 Å². The molecule has 2 aromatic heterocycles. The normalized spacial score (nSPS) is 19.8. The van der Waals surface area contributed by atoms with Crippen LogP contribution in [0.15, 0.2) is 30.7 Å². The second-order valence-corrected chi connectivity index (χ2v) is 8.38. The van der Waals surface area contributed by atoms with Gasteiger partial charge in [0.05, 0.1) is 12.2 Å². The maximum absolute atomic E-state index is 11.8. The Morgan fingerprint density at radius 2 is 1.68 bits per heavy atom. The molecule has 1 atom stereocenters. The predicted octanol–water partition coefficient (Wildman–Crippen LogP) is 3.00. The number of rotatable bonds is 5. The number of hydrogen-bond acceptors (Lipinski definition) is 8. The van der Waals surface area contributed by atoms with Gasteiger partial charge in [0, 0.05) is 51.5 Å². The first-order valence-electron chi connectivity index (χ1n) is 11.3. The lowest BCUT2D eigenvalue weighted by atomic mass is 10.0. The summed E-state index contributed by atoms with van der Waals surface area (Å²) in [6, 6.07) is 5.83. The van der Waals surface area contributed by atoms with Crippen LogP contribution in [0.25, 0.3) is 0 Å². The van der Waals surface area contributed by atoms with E-state index in [0.29, 0.717) is 18.1 Å². The second kappa shape index (κ2) is 9.94. The van der Waals surface area contributed by atoms with Crippen LogP contribution in [-0.4, -0.2) is 66.8 Å². The van der Waals surface area contributed by atoms with Crippen LogP contribution >= 0.6 is 0 Å². The van der Waals surface area contributed by atoms with Gasteiger partial charge in [0.2, 0.25) is 0 Å². The summed E-state index contributed by atoms with van der Waals surface area (Å²) in [5.74, 6) is 3.30. The highest BCUT2D eigenvalue weighted by atomic mass is 16.5. The van der Waals surface area contributed by atoms with E-state index in [-0.39, 0.29) is 5.97 Å². The van der Waals surface area contributed by atoms with Gasteiger partial charge in [-0.15, -0.1) is 0 Å². The average molecular weight is 425 g/mol. The molecule has 2 fully saturated rings. The third-order valence-corrected chi connectivity index (χ3v) is 6.02. The Morgan fingerprint density at radius 3 is 2.35 bits per heavy atom. The highest BCUT2D eigenvalue weighted by Crippen LogP contribution is 2.24. The fourth-order valence-corrected chi connectivity index (χ4v) is 4.36. The second-order valence-electron chi connectivity index (χ2n) is 8.38. The Bertz CT molecular complexity index is 875. The van der Waals surface area contributed by atoms with Gasteiger partial charge < -0.3 is 19.4 Å². The number of carbonyl (C=O) groups is 1. The number of nitrogens with zero attached hydrogens (tertiary/aromatic N) is 6. The molecule has 1 unspecified atom stereocenters. The third kappa shape index (κ3) is 5.24. The molecule has 0 radical (unpaired) electrons. The number of pyridine rings is 1. The smallest absolute Gasteiger partial charge is 0.339 e. The standard InChI is InChI=1S/C23H32N6O2/c1-3-31-23(30)19-7-8-20(24-15-19)27-10-5-11-28(13-12-27)21-14-22(26-17-25-21)29-9-4-6-18(2)16-29/h7-8,14-15,17-18H,3-6,9-13,16H2,1-2H3. The number of anilines is 3. The van der Waals surface area contributed by atoms with Gasteiger partial charge in [-0.05, 0) is 44.2 Å². The SMILES string of the molecule is CCOC(=O)c1ccc(N2CCCN(c3cc(N4CCCC(C)C4)ncn3)CC2)nc1. The lowest BCUT2D eigenvalue weighted by Gasteiger charge is -2.32. The first-order chi connectivity index (χ1) is 15.1. The van der Waals surface area contributed by atoms with Crippen LogP contribution in [0.5, 0.6) is 0 Å². The number of aromatic nitrogens is 3. The zero-order valence-electron chi connectivity index (χ0n) is 18.5. The Kier molecular flexibility index (Phi) is 6.84. The largest absolute Gasteiger partial charge is 0.462 e. The topological polar surface area (TPSA) is 74.7 Å². The predicted molar refractivity (Wildman–Crippen MR) is 122 cm³/mol. The minimum Gasteiger partial charge on any atom is -0.462 e. The van der Waals surface area contributed by atoms with E-state index in [2.05, 4.69) is 42.6 Å². The zero-order valence-corrected chi connectivity index (χ0v) is 18.5. The molecule has 2 saturated heterocycles. The lowest BCUT2D eigenvalue weighted by Crippen LogP contribution is -2.35. The van der Waals surface area contributed by atoms with E-state index in [0.717, 1.165) is 63.1 Å². The van der Waals surface area contributed by atoms with Crippen LogP contribution in [0.1, 0.15) is 43.5 Å². The summed E-state index contributed by atoms with van der Waals surface area (Å²) >= 11 is 0. The van der Waals surface area contributed by atoms with Crippen LogP contribution in [-0.2, 0) is 4.74 Å². The molecule has 0 N–H and O–H groups in total. The molecule has 2 aliphatic rings. The Balaban J connectivity index is 1.40. The van der Waals surface area contributed by atoms with Gasteiger partial charge in [-0.1, -0.05) is 6.92 Å². The van der Waals surface area contributed by atoms with Crippen LogP contribution in [0.2, 0.25) is 0 Å². The summed E-state index contributed by atoms with van der Waals surface area (Å²) in [4.78, 5) is 32.5. The maximum atomic E-state index is 11.8. The van der Waals surface area contributed by atoms with Gasteiger partial charge in [-0.2, -0.15) is 0 Å². The van der Waals surface area contributed by atoms with Gasteiger partial charge in [0.15, 0.2) is 0 Å². The van der Waals surface area contributed by atoms with Crippen molar-refractivity contribution in [3.63, 3.8) is 0 Å². The summed E-state index contributed by atoms with van der Waals surface area (Å²) in [6.07, 6.45) is 6.84. The fourth-order valence-electron chi connectivity index (χ4n) is 4.36.